The SMILES string of the molecule is CCCC(CCO)Nc1nc(NC(=O)OC)nc2cnn(Cc3ccc(C4CN(C(=O)O)CCN4C(=O)OC(C)(C)C)cc3OC)c12. The molecule has 0 aliphatic carbocycles. The highest BCUT2D eigenvalue weighted by Crippen LogP contribution is 2.33. The number of aromatic nitrogens is 4. The van der Waals surface area contributed by atoms with Crippen molar-refractivity contribution in [2.75, 3.05) is 51.1 Å². The fourth-order valence-corrected chi connectivity index (χ4v) is 5.45. The van der Waals surface area contributed by atoms with Crippen LogP contribution in [0, 0.1) is 0 Å². The number of nitrogens with zero attached hydrogens (tertiary/aromatic N) is 6. The lowest BCUT2D eigenvalue weighted by atomic mass is 10.00. The Morgan fingerprint density at radius 1 is 1.13 bits per heavy atom. The number of carbonyl (C=O) groups is 3. The Kier molecular flexibility index (Phi) is 11.3. The molecule has 2 atom stereocenters. The smallest absolute Gasteiger partial charge is 0.413 e. The highest BCUT2D eigenvalue weighted by Gasteiger charge is 2.36. The van der Waals surface area contributed by atoms with Gasteiger partial charge in [-0.25, -0.2) is 19.4 Å². The van der Waals surface area contributed by atoms with Gasteiger partial charge in [0.1, 0.15) is 22.4 Å². The third-order valence-corrected chi connectivity index (χ3v) is 7.64. The van der Waals surface area contributed by atoms with Crippen molar-refractivity contribution in [1.82, 2.24) is 29.5 Å². The van der Waals surface area contributed by atoms with E-state index in [-0.39, 0.29) is 44.8 Å². The normalized spacial score (nSPS) is 15.7. The van der Waals surface area contributed by atoms with Gasteiger partial charge in [-0.3, -0.25) is 14.9 Å². The second kappa shape index (κ2) is 15.2. The summed E-state index contributed by atoms with van der Waals surface area (Å²) >= 11 is 0. The number of piperazine rings is 1. The summed E-state index contributed by atoms with van der Waals surface area (Å²) in [4.78, 5) is 48.8. The fourth-order valence-electron chi connectivity index (χ4n) is 5.45. The van der Waals surface area contributed by atoms with Crippen molar-refractivity contribution in [1.29, 1.82) is 0 Å². The Morgan fingerprint density at radius 2 is 1.89 bits per heavy atom. The van der Waals surface area contributed by atoms with Crippen LogP contribution in [0.15, 0.2) is 24.4 Å². The first-order valence-electron chi connectivity index (χ1n) is 15.5. The van der Waals surface area contributed by atoms with Gasteiger partial charge in [-0.1, -0.05) is 25.5 Å². The summed E-state index contributed by atoms with van der Waals surface area (Å²) in [7, 11) is 2.78. The van der Waals surface area contributed by atoms with Crippen molar-refractivity contribution in [3.8, 4) is 5.75 Å². The van der Waals surface area contributed by atoms with Crippen LogP contribution in [-0.4, -0.2) is 110 Å². The molecule has 3 amide bonds. The van der Waals surface area contributed by atoms with Gasteiger partial charge < -0.3 is 34.6 Å². The van der Waals surface area contributed by atoms with E-state index >= 15 is 0 Å². The number of nitrogens with one attached hydrogen (secondary N) is 2. The molecule has 47 heavy (non-hydrogen) atoms. The topological polar surface area (TPSA) is 193 Å². The number of methoxy groups -OCH3 is 2. The molecule has 3 aromatic rings. The lowest BCUT2D eigenvalue weighted by Gasteiger charge is -2.41. The van der Waals surface area contributed by atoms with E-state index in [4.69, 9.17) is 14.2 Å². The van der Waals surface area contributed by atoms with Gasteiger partial charge in [-0.05, 0) is 45.2 Å². The Balaban J connectivity index is 1.71. The van der Waals surface area contributed by atoms with Crippen LogP contribution < -0.4 is 15.4 Å². The number of benzene rings is 1. The lowest BCUT2D eigenvalue weighted by molar-refractivity contribution is -0.000629. The molecule has 2 unspecified atom stereocenters. The van der Waals surface area contributed by atoms with E-state index in [1.54, 1.807) is 42.6 Å². The quantitative estimate of drug-likeness (QED) is 0.229. The minimum Gasteiger partial charge on any atom is -0.496 e. The average Bonchev–Trinajstić information content (AvgIpc) is 3.42. The van der Waals surface area contributed by atoms with Crippen molar-refractivity contribution in [2.24, 2.45) is 0 Å². The molecule has 3 heterocycles. The van der Waals surface area contributed by atoms with Crippen LogP contribution in [0.1, 0.15) is 64.1 Å². The molecule has 1 aliphatic rings. The van der Waals surface area contributed by atoms with Crippen molar-refractivity contribution in [2.45, 2.75) is 71.2 Å². The third kappa shape index (κ3) is 8.69. The summed E-state index contributed by atoms with van der Waals surface area (Å²) in [5.41, 5.74) is 1.75. The summed E-state index contributed by atoms with van der Waals surface area (Å²) in [6.45, 7) is 8.03. The van der Waals surface area contributed by atoms with E-state index in [1.807, 2.05) is 19.1 Å². The molecule has 1 aromatic carbocycles. The van der Waals surface area contributed by atoms with Crippen LogP contribution in [0.25, 0.3) is 11.0 Å². The van der Waals surface area contributed by atoms with Gasteiger partial charge in [-0.2, -0.15) is 10.1 Å². The van der Waals surface area contributed by atoms with Crippen molar-refractivity contribution >= 4 is 41.1 Å². The fraction of sp³-hybridized carbons (Fsp3) is 0.548. The number of hydrogen-bond acceptors (Lipinski definition) is 11. The summed E-state index contributed by atoms with van der Waals surface area (Å²) in [5, 5.41) is 29.8. The second-order valence-corrected chi connectivity index (χ2v) is 12.2. The van der Waals surface area contributed by atoms with E-state index in [1.165, 1.54) is 19.1 Å². The minimum atomic E-state index is -1.07. The molecule has 0 spiro atoms. The molecule has 4 N–H and O–H groups in total. The molecule has 0 radical (unpaired) electrons. The number of carboxylic acid groups (broad SMARTS) is 1. The molecule has 4 rings (SSSR count). The summed E-state index contributed by atoms with van der Waals surface area (Å²) < 4.78 is 17.8. The highest BCUT2D eigenvalue weighted by atomic mass is 16.6. The van der Waals surface area contributed by atoms with Crippen LogP contribution in [0.5, 0.6) is 5.75 Å². The number of rotatable bonds is 11. The van der Waals surface area contributed by atoms with Crippen molar-refractivity contribution in [3.63, 3.8) is 0 Å². The molecular formula is C31H44N8O8. The van der Waals surface area contributed by atoms with E-state index in [0.717, 1.165) is 18.4 Å². The Labute approximate surface area is 273 Å². The van der Waals surface area contributed by atoms with Gasteiger partial charge in [-0.15, -0.1) is 0 Å². The van der Waals surface area contributed by atoms with E-state index in [0.29, 0.717) is 34.6 Å². The monoisotopic (exact) mass is 656 g/mol. The number of carbonyl (C=O) groups excluding carboxylic acids is 2. The predicted molar refractivity (Wildman–Crippen MR) is 173 cm³/mol. The Hall–Kier alpha value is -4.86. The van der Waals surface area contributed by atoms with E-state index < -0.39 is 29.9 Å². The number of anilines is 2. The molecule has 1 fully saturated rings. The maximum absolute atomic E-state index is 13.2. The second-order valence-electron chi connectivity index (χ2n) is 12.2. The van der Waals surface area contributed by atoms with E-state index in [9.17, 15) is 24.6 Å². The lowest BCUT2D eigenvalue weighted by Crippen LogP contribution is -2.53. The number of aliphatic hydroxyl groups excluding tert-OH is 1. The third-order valence-electron chi connectivity index (χ3n) is 7.64. The zero-order valence-corrected chi connectivity index (χ0v) is 27.6. The van der Waals surface area contributed by atoms with Crippen LogP contribution in [0.3, 0.4) is 0 Å². The molecule has 0 saturated carbocycles. The standard InChI is InChI=1S/C31H44N8O8/c1-7-8-21(11-14-40)33-26-25-22(34-27(35-26)36-28(41)46-6)16-32-39(25)17-20-10-9-19(15-24(20)45-5)23-18-37(29(42)43)12-13-38(23)30(44)47-31(2,3)4/h9-10,15-16,21,23,40H,7-8,11-14,17-18H2,1-6H3,(H,42,43)(H2,33,34,35,36,41). The molecule has 2 aromatic heterocycles. The van der Waals surface area contributed by atoms with Gasteiger partial charge in [0, 0.05) is 37.8 Å². The molecular weight excluding hydrogens is 612 g/mol. The first-order valence-corrected chi connectivity index (χ1v) is 15.5. The van der Waals surface area contributed by atoms with Crippen molar-refractivity contribution < 1.29 is 38.8 Å². The first kappa shape index (κ1) is 35.0. The van der Waals surface area contributed by atoms with Crippen LogP contribution in [0.2, 0.25) is 0 Å². The number of aliphatic hydroxyl groups is 1. The zero-order chi connectivity index (χ0) is 34.3. The molecule has 16 heteroatoms. The number of amides is 3. The van der Waals surface area contributed by atoms with Crippen LogP contribution in [0.4, 0.5) is 26.1 Å². The van der Waals surface area contributed by atoms with Crippen molar-refractivity contribution in [3.05, 3.63) is 35.5 Å². The molecule has 1 saturated heterocycles. The number of hydrogen-bond donors (Lipinski definition) is 4. The molecule has 256 valence electrons. The number of fused-ring (bicyclic) bond motifs is 1. The Morgan fingerprint density at radius 3 is 2.53 bits per heavy atom. The molecule has 0 bridgehead atoms. The maximum atomic E-state index is 13.2. The number of ether oxygens (including phenoxy) is 3. The van der Waals surface area contributed by atoms with E-state index in [2.05, 4.69) is 25.7 Å². The van der Waals surface area contributed by atoms with Gasteiger partial charge in [0.2, 0.25) is 5.95 Å². The highest BCUT2D eigenvalue weighted by molar-refractivity contribution is 5.89. The molecule has 16 nitrogen and oxygen atoms in total. The van der Waals surface area contributed by atoms with Gasteiger partial charge in [0.15, 0.2) is 5.82 Å². The van der Waals surface area contributed by atoms with Crippen LogP contribution in [-0.2, 0) is 16.0 Å². The van der Waals surface area contributed by atoms with Crippen LogP contribution >= 0.6 is 0 Å². The first-order chi connectivity index (χ1) is 22.4. The minimum absolute atomic E-state index is 0.0153. The average molecular weight is 657 g/mol. The van der Waals surface area contributed by atoms with Gasteiger partial charge in [0.25, 0.3) is 0 Å². The van der Waals surface area contributed by atoms with Gasteiger partial charge >= 0.3 is 18.3 Å². The summed E-state index contributed by atoms with van der Waals surface area (Å²) in [6.07, 6.45) is 1.39. The summed E-state index contributed by atoms with van der Waals surface area (Å²) in [6, 6.07) is 4.78. The van der Waals surface area contributed by atoms with Gasteiger partial charge in [0.05, 0.1) is 33.0 Å². The molecule has 1 aliphatic heterocycles. The summed E-state index contributed by atoms with van der Waals surface area (Å²) in [5.74, 6) is 0.960. The maximum Gasteiger partial charge on any atom is 0.413 e. The Bertz CT molecular complexity index is 1570. The largest absolute Gasteiger partial charge is 0.496 e. The zero-order valence-electron chi connectivity index (χ0n) is 27.6. The predicted octanol–water partition coefficient (Wildman–Crippen LogP) is 4.30.